The highest BCUT2D eigenvalue weighted by atomic mass is 16.2. The van der Waals surface area contributed by atoms with Crippen molar-refractivity contribution in [1.29, 1.82) is 0 Å². The Labute approximate surface area is 158 Å². The van der Waals surface area contributed by atoms with E-state index in [-0.39, 0.29) is 11.8 Å². The summed E-state index contributed by atoms with van der Waals surface area (Å²) in [6.45, 7) is 5.06. The van der Waals surface area contributed by atoms with Crippen LogP contribution in [-0.2, 0) is 13.1 Å². The molecule has 3 heterocycles. The molecule has 2 N–H and O–H groups in total. The number of carbonyl (C=O) groups excluding carboxylic acids is 1. The van der Waals surface area contributed by atoms with Crippen LogP contribution in [0.4, 0.5) is 0 Å². The Balaban J connectivity index is 1.59. The SMILES string of the molecule is Cc1cccc2c(C(=O)N3Cc4ccccc4C3)cc(C3CNNC3)nc12. The van der Waals surface area contributed by atoms with Crippen molar-refractivity contribution >= 4 is 16.8 Å². The Hall–Kier alpha value is -2.76. The zero-order chi connectivity index (χ0) is 18.4. The molecule has 0 aliphatic carbocycles. The van der Waals surface area contributed by atoms with Crippen molar-refractivity contribution in [3.05, 3.63) is 76.5 Å². The molecule has 5 rings (SSSR count). The fourth-order valence-electron chi connectivity index (χ4n) is 4.12. The lowest BCUT2D eigenvalue weighted by Crippen LogP contribution is -2.26. The van der Waals surface area contributed by atoms with E-state index in [1.54, 1.807) is 0 Å². The van der Waals surface area contributed by atoms with Gasteiger partial charge >= 0.3 is 0 Å². The lowest BCUT2D eigenvalue weighted by Gasteiger charge is -2.19. The second-order valence-electron chi connectivity index (χ2n) is 7.45. The number of pyridine rings is 1. The summed E-state index contributed by atoms with van der Waals surface area (Å²) in [6.07, 6.45) is 0. The Bertz CT molecular complexity index is 1010. The zero-order valence-corrected chi connectivity index (χ0v) is 15.3. The topological polar surface area (TPSA) is 57.3 Å². The van der Waals surface area contributed by atoms with Crippen molar-refractivity contribution < 1.29 is 4.79 Å². The minimum absolute atomic E-state index is 0.0874. The number of hydrogen-bond acceptors (Lipinski definition) is 4. The van der Waals surface area contributed by atoms with E-state index in [0.717, 1.165) is 40.8 Å². The molecule has 1 fully saturated rings. The number of aryl methyl sites for hydroxylation is 1. The standard InChI is InChI=1S/C22H22N4O/c1-14-5-4-8-18-19(9-20(25-21(14)18)17-10-23-24-11-17)22(27)26-12-15-6-2-3-7-16(15)13-26/h2-9,17,23-24H,10-13H2,1H3. The van der Waals surface area contributed by atoms with Gasteiger partial charge in [-0.1, -0.05) is 42.5 Å². The highest BCUT2D eigenvalue weighted by Crippen LogP contribution is 2.29. The molecule has 1 aromatic heterocycles. The summed E-state index contributed by atoms with van der Waals surface area (Å²) in [5.74, 6) is 0.362. The molecule has 27 heavy (non-hydrogen) atoms. The number of para-hydroxylation sites is 1. The molecule has 0 atom stereocenters. The summed E-state index contributed by atoms with van der Waals surface area (Å²) in [6, 6.07) is 16.4. The van der Waals surface area contributed by atoms with Gasteiger partial charge in [-0.05, 0) is 29.7 Å². The van der Waals surface area contributed by atoms with Gasteiger partial charge in [0, 0.05) is 43.2 Å². The number of nitrogens with zero attached hydrogens (tertiary/aromatic N) is 2. The van der Waals surface area contributed by atoms with E-state index in [0.29, 0.717) is 13.1 Å². The van der Waals surface area contributed by atoms with Gasteiger partial charge in [0.1, 0.15) is 0 Å². The van der Waals surface area contributed by atoms with Crippen molar-refractivity contribution in [2.75, 3.05) is 13.1 Å². The number of aromatic nitrogens is 1. The molecule has 3 aromatic rings. The van der Waals surface area contributed by atoms with E-state index in [9.17, 15) is 4.79 Å². The third-order valence-corrected chi connectivity index (χ3v) is 5.66. The normalized spacial score (nSPS) is 16.9. The highest BCUT2D eigenvalue weighted by molar-refractivity contribution is 6.07. The minimum atomic E-state index is 0.0874. The maximum Gasteiger partial charge on any atom is 0.255 e. The van der Waals surface area contributed by atoms with Crippen molar-refractivity contribution in [2.24, 2.45) is 0 Å². The van der Waals surface area contributed by atoms with E-state index in [1.807, 2.05) is 35.2 Å². The first-order chi connectivity index (χ1) is 13.2. The van der Waals surface area contributed by atoms with Gasteiger partial charge in [-0.3, -0.25) is 20.6 Å². The summed E-state index contributed by atoms with van der Waals surface area (Å²) < 4.78 is 0. The van der Waals surface area contributed by atoms with Crippen molar-refractivity contribution in [3.63, 3.8) is 0 Å². The number of hydrazine groups is 1. The average Bonchev–Trinajstić information content (AvgIpc) is 3.37. The van der Waals surface area contributed by atoms with E-state index >= 15 is 0 Å². The molecule has 2 aromatic carbocycles. The molecular formula is C22H22N4O. The van der Waals surface area contributed by atoms with Crippen LogP contribution in [0.3, 0.4) is 0 Å². The molecule has 5 nitrogen and oxygen atoms in total. The summed E-state index contributed by atoms with van der Waals surface area (Å²) in [5.41, 5.74) is 12.6. The Morgan fingerprint density at radius 3 is 2.44 bits per heavy atom. The smallest absolute Gasteiger partial charge is 0.255 e. The van der Waals surface area contributed by atoms with Crippen LogP contribution in [0.15, 0.2) is 48.5 Å². The van der Waals surface area contributed by atoms with Crippen LogP contribution in [0.1, 0.15) is 38.7 Å². The first-order valence-corrected chi connectivity index (χ1v) is 9.43. The summed E-state index contributed by atoms with van der Waals surface area (Å²) >= 11 is 0. The Morgan fingerprint density at radius 1 is 1.04 bits per heavy atom. The minimum Gasteiger partial charge on any atom is -0.330 e. The third-order valence-electron chi connectivity index (χ3n) is 5.66. The molecule has 1 saturated heterocycles. The predicted molar refractivity (Wildman–Crippen MR) is 105 cm³/mol. The van der Waals surface area contributed by atoms with Gasteiger partial charge in [-0.2, -0.15) is 0 Å². The molecule has 136 valence electrons. The van der Waals surface area contributed by atoms with Gasteiger partial charge in [0.25, 0.3) is 5.91 Å². The summed E-state index contributed by atoms with van der Waals surface area (Å²) in [5, 5.41) is 0.943. The Kier molecular flexibility index (Phi) is 3.92. The lowest BCUT2D eigenvalue weighted by molar-refractivity contribution is 0.0753. The van der Waals surface area contributed by atoms with Gasteiger partial charge in [0.15, 0.2) is 0 Å². The van der Waals surface area contributed by atoms with Gasteiger partial charge in [-0.25, -0.2) is 0 Å². The molecule has 0 spiro atoms. The Morgan fingerprint density at radius 2 is 1.74 bits per heavy atom. The predicted octanol–water partition coefficient (Wildman–Crippen LogP) is 2.89. The number of rotatable bonds is 2. The molecule has 0 saturated carbocycles. The molecular weight excluding hydrogens is 336 g/mol. The average molecular weight is 358 g/mol. The van der Waals surface area contributed by atoms with E-state index in [2.05, 4.69) is 36.0 Å². The van der Waals surface area contributed by atoms with Crippen molar-refractivity contribution in [2.45, 2.75) is 25.9 Å². The maximum atomic E-state index is 13.5. The van der Waals surface area contributed by atoms with Crippen LogP contribution < -0.4 is 10.9 Å². The van der Waals surface area contributed by atoms with E-state index in [1.165, 1.54) is 11.1 Å². The van der Waals surface area contributed by atoms with Gasteiger partial charge in [-0.15, -0.1) is 0 Å². The second-order valence-corrected chi connectivity index (χ2v) is 7.45. The van der Waals surface area contributed by atoms with Crippen LogP contribution in [-0.4, -0.2) is 28.9 Å². The van der Waals surface area contributed by atoms with E-state index in [4.69, 9.17) is 4.98 Å². The molecule has 1 amide bonds. The number of carbonyl (C=O) groups is 1. The number of fused-ring (bicyclic) bond motifs is 2. The van der Waals surface area contributed by atoms with Crippen molar-refractivity contribution in [3.8, 4) is 0 Å². The fraction of sp³-hybridized carbons (Fsp3) is 0.273. The third kappa shape index (κ3) is 2.80. The molecule has 2 aliphatic rings. The number of hydrogen-bond donors (Lipinski definition) is 2. The fourth-order valence-corrected chi connectivity index (χ4v) is 4.12. The summed E-state index contributed by atoms with van der Waals surface area (Å²) in [7, 11) is 0. The lowest BCUT2D eigenvalue weighted by atomic mass is 9.98. The molecule has 0 radical (unpaired) electrons. The summed E-state index contributed by atoms with van der Waals surface area (Å²) in [4.78, 5) is 20.3. The number of benzene rings is 2. The van der Waals surface area contributed by atoms with Crippen LogP contribution >= 0.6 is 0 Å². The number of amides is 1. The quantitative estimate of drug-likeness (QED) is 0.740. The monoisotopic (exact) mass is 358 g/mol. The zero-order valence-electron chi connectivity index (χ0n) is 15.3. The van der Waals surface area contributed by atoms with Crippen LogP contribution in [0.2, 0.25) is 0 Å². The van der Waals surface area contributed by atoms with Crippen LogP contribution in [0, 0.1) is 6.92 Å². The molecule has 5 heteroatoms. The second kappa shape index (κ2) is 6.44. The van der Waals surface area contributed by atoms with Crippen LogP contribution in [0.5, 0.6) is 0 Å². The highest BCUT2D eigenvalue weighted by Gasteiger charge is 2.27. The van der Waals surface area contributed by atoms with Gasteiger partial charge < -0.3 is 4.90 Å². The molecule has 0 unspecified atom stereocenters. The van der Waals surface area contributed by atoms with Crippen molar-refractivity contribution in [1.82, 2.24) is 20.7 Å². The molecule has 0 bridgehead atoms. The first-order valence-electron chi connectivity index (χ1n) is 9.43. The van der Waals surface area contributed by atoms with Gasteiger partial charge in [0.2, 0.25) is 0 Å². The van der Waals surface area contributed by atoms with Crippen LogP contribution in [0.25, 0.3) is 10.9 Å². The largest absolute Gasteiger partial charge is 0.330 e. The number of nitrogens with one attached hydrogen (secondary N) is 2. The molecule has 2 aliphatic heterocycles. The first kappa shape index (κ1) is 16.4. The maximum absolute atomic E-state index is 13.5. The van der Waals surface area contributed by atoms with Gasteiger partial charge in [0.05, 0.1) is 11.1 Å². The van der Waals surface area contributed by atoms with E-state index < -0.39 is 0 Å².